The lowest BCUT2D eigenvalue weighted by Crippen LogP contribution is -2.55. The minimum absolute atomic E-state index is 0.0165. The number of aromatic nitrogens is 1. The van der Waals surface area contributed by atoms with E-state index in [1.165, 1.54) is 12.8 Å². The molecule has 2 amide bonds. The lowest BCUT2D eigenvalue weighted by Gasteiger charge is -2.43. The molecule has 1 saturated heterocycles. The number of rotatable bonds is 2. The van der Waals surface area contributed by atoms with Gasteiger partial charge in [0.05, 0.1) is 18.8 Å². The van der Waals surface area contributed by atoms with Gasteiger partial charge in [-0.3, -0.25) is 0 Å². The van der Waals surface area contributed by atoms with Gasteiger partial charge in [0.1, 0.15) is 5.01 Å². The van der Waals surface area contributed by atoms with E-state index in [0.717, 1.165) is 29.1 Å². The number of urea groups is 1. The fourth-order valence-electron chi connectivity index (χ4n) is 3.61. The number of carbonyl (C=O) groups excluding carboxylic acids is 1. The summed E-state index contributed by atoms with van der Waals surface area (Å²) in [5, 5.41) is 5.99. The van der Waals surface area contributed by atoms with Gasteiger partial charge in [0.2, 0.25) is 0 Å². The highest BCUT2D eigenvalue weighted by molar-refractivity contribution is 7.13. The largest absolute Gasteiger partial charge is 0.374 e. The number of anilines is 1. The Labute approximate surface area is 145 Å². The second-order valence-electron chi connectivity index (χ2n) is 6.30. The van der Waals surface area contributed by atoms with Crippen molar-refractivity contribution in [3.05, 3.63) is 35.8 Å². The van der Waals surface area contributed by atoms with E-state index in [0.29, 0.717) is 13.2 Å². The van der Waals surface area contributed by atoms with E-state index < -0.39 is 0 Å². The number of nitrogens with one attached hydrogen (secondary N) is 1. The lowest BCUT2D eigenvalue weighted by molar-refractivity contribution is -0.0694. The van der Waals surface area contributed by atoms with E-state index in [1.54, 1.807) is 17.5 Å². The van der Waals surface area contributed by atoms with Crippen molar-refractivity contribution in [1.82, 2.24) is 9.88 Å². The van der Waals surface area contributed by atoms with Crippen LogP contribution in [0.4, 0.5) is 10.5 Å². The maximum absolute atomic E-state index is 12.7. The standard InChI is InChI=1S/C18H21N3O2S/c22-18(21-10-11-23-16-4-2-1-3-15(16)21)20-14-7-5-13(6-8-14)17-19-9-12-24-17/h5-9,12,15-16H,1-4,10-11H2,(H,20,22). The number of fused-ring (bicyclic) bond motifs is 1. The highest BCUT2D eigenvalue weighted by atomic mass is 32.1. The predicted octanol–water partition coefficient (Wildman–Crippen LogP) is 3.99. The smallest absolute Gasteiger partial charge is 0.322 e. The predicted molar refractivity (Wildman–Crippen MR) is 95.3 cm³/mol. The Morgan fingerprint density at radius 3 is 2.88 bits per heavy atom. The molecule has 1 aliphatic carbocycles. The fraction of sp³-hybridized carbons (Fsp3) is 0.444. The topological polar surface area (TPSA) is 54.5 Å². The number of thiazole rings is 1. The van der Waals surface area contributed by atoms with Gasteiger partial charge in [-0.2, -0.15) is 0 Å². The molecule has 5 nitrogen and oxygen atoms in total. The molecule has 1 aromatic carbocycles. The summed E-state index contributed by atoms with van der Waals surface area (Å²) in [6.07, 6.45) is 6.50. The van der Waals surface area contributed by atoms with Crippen molar-refractivity contribution < 1.29 is 9.53 Å². The SMILES string of the molecule is O=C(Nc1ccc(-c2nccs2)cc1)N1CCOC2CCCCC21. The molecule has 126 valence electrons. The second kappa shape index (κ2) is 6.91. The molecule has 1 aliphatic heterocycles. The number of amides is 2. The first-order chi connectivity index (χ1) is 11.8. The summed E-state index contributed by atoms with van der Waals surface area (Å²) in [6, 6.07) is 8.08. The molecule has 0 bridgehead atoms. The van der Waals surface area contributed by atoms with Gasteiger partial charge in [0.25, 0.3) is 0 Å². The van der Waals surface area contributed by atoms with E-state index in [1.807, 2.05) is 34.5 Å². The molecule has 2 fully saturated rings. The number of ether oxygens (including phenoxy) is 1. The molecule has 0 spiro atoms. The maximum Gasteiger partial charge on any atom is 0.322 e. The van der Waals surface area contributed by atoms with Gasteiger partial charge < -0.3 is 15.0 Å². The third kappa shape index (κ3) is 3.16. The Kier molecular flexibility index (Phi) is 4.49. The summed E-state index contributed by atoms with van der Waals surface area (Å²) in [7, 11) is 0. The summed E-state index contributed by atoms with van der Waals surface area (Å²) in [6.45, 7) is 1.31. The van der Waals surface area contributed by atoms with Crippen LogP contribution in [0, 0.1) is 0 Å². The molecule has 1 aromatic heterocycles. The van der Waals surface area contributed by atoms with Gasteiger partial charge in [-0.15, -0.1) is 11.3 Å². The third-order valence-corrected chi connectivity index (χ3v) is 5.63. The number of carbonyl (C=O) groups is 1. The number of hydrogen-bond donors (Lipinski definition) is 1. The van der Waals surface area contributed by atoms with E-state index >= 15 is 0 Å². The number of morpholine rings is 1. The monoisotopic (exact) mass is 343 g/mol. The average Bonchev–Trinajstić information content (AvgIpc) is 3.16. The highest BCUT2D eigenvalue weighted by Crippen LogP contribution is 2.29. The Hall–Kier alpha value is -1.92. The molecule has 1 N–H and O–H groups in total. The van der Waals surface area contributed by atoms with E-state index in [4.69, 9.17) is 4.74 Å². The van der Waals surface area contributed by atoms with Crippen molar-refractivity contribution in [2.75, 3.05) is 18.5 Å². The van der Waals surface area contributed by atoms with Crippen molar-refractivity contribution >= 4 is 23.1 Å². The Balaban J connectivity index is 1.43. The van der Waals surface area contributed by atoms with E-state index in [9.17, 15) is 4.79 Å². The molecule has 2 aliphatic rings. The normalized spacial score (nSPS) is 23.6. The van der Waals surface area contributed by atoms with Gasteiger partial charge in [0, 0.05) is 29.4 Å². The highest BCUT2D eigenvalue weighted by Gasteiger charge is 2.36. The molecule has 2 aromatic rings. The van der Waals surface area contributed by atoms with Gasteiger partial charge in [0.15, 0.2) is 0 Å². The number of benzene rings is 1. The summed E-state index contributed by atoms with van der Waals surface area (Å²) < 4.78 is 5.84. The van der Waals surface area contributed by atoms with Crippen molar-refractivity contribution in [3.8, 4) is 10.6 Å². The molecule has 0 radical (unpaired) electrons. The summed E-state index contributed by atoms with van der Waals surface area (Å²) in [5.74, 6) is 0. The fourth-order valence-corrected chi connectivity index (χ4v) is 4.25. The quantitative estimate of drug-likeness (QED) is 0.897. The van der Waals surface area contributed by atoms with Crippen LogP contribution in [0.15, 0.2) is 35.8 Å². The first-order valence-corrected chi connectivity index (χ1v) is 9.38. The van der Waals surface area contributed by atoms with Crippen LogP contribution in [-0.4, -0.2) is 41.2 Å². The van der Waals surface area contributed by atoms with Crippen LogP contribution in [-0.2, 0) is 4.74 Å². The Morgan fingerprint density at radius 1 is 1.25 bits per heavy atom. The van der Waals surface area contributed by atoms with Gasteiger partial charge in [-0.1, -0.05) is 12.8 Å². The molecule has 2 atom stereocenters. The van der Waals surface area contributed by atoms with Crippen molar-refractivity contribution in [3.63, 3.8) is 0 Å². The number of hydrogen-bond acceptors (Lipinski definition) is 4. The Morgan fingerprint density at radius 2 is 2.08 bits per heavy atom. The summed E-state index contributed by atoms with van der Waals surface area (Å²) in [5.41, 5.74) is 1.89. The Bertz CT molecular complexity index is 685. The molecular formula is C18H21N3O2S. The zero-order chi connectivity index (χ0) is 16.4. The minimum Gasteiger partial charge on any atom is -0.374 e. The van der Waals surface area contributed by atoms with Crippen molar-refractivity contribution in [1.29, 1.82) is 0 Å². The van der Waals surface area contributed by atoms with Gasteiger partial charge >= 0.3 is 6.03 Å². The molecule has 1 saturated carbocycles. The van der Waals surface area contributed by atoms with Crippen LogP contribution in [0.1, 0.15) is 25.7 Å². The van der Waals surface area contributed by atoms with Crippen LogP contribution in [0.5, 0.6) is 0 Å². The zero-order valence-electron chi connectivity index (χ0n) is 13.5. The zero-order valence-corrected chi connectivity index (χ0v) is 14.3. The lowest BCUT2D eigenvalue weighted by atomic mass is 9.90. The minimum atomic E-state index is -0.0165. The first kappa shape index (κ1) is 15.6. The number of nitrogens with zero attached hydrogens (tertiary/aromatic N) is 2. The van der Waals surface area contributed by atoms with E-state index in [2.05, 4.69) is 10.3 Å². The van der Waals surface area contributed by atoms with Crippen LogP contribution in [0.25, 0.3) is 10.6 Å². The average molecular weight is 343 g/mol. The maximum atomic E-state index is 12.7. The summed E-state index contributed by atoms with van der Waals surface area (Å²) >= 11 is 1.61. The third-order valence-electron chi connectivity index (χ3n) is 4.81. The summed E-state index contributed by atoms with van der Waals surface area (Å²) in [4.78, 5) is 19.0. The second-order valence-corrected chi connectivity index (χ2v) is 7.19. The van der Waals surface area contributed by atoms with Crippen molar-refractivity contribution in [2.24, 2.45) is 0 Å². The van der Waals surface area contributed by atoms with Crippen molar-refractivity contribution in [2.45, 2.75) is 37.8 Å². The van der Waals surface area contributed by atoms with Crippen LogP contribution in [0.2, 0.25) is 0 Å². The van der Waals surface area contributed by atoms with Gasteiger partial charge in [-0.05, 0) is 37.1 Å². The van der Waals surface area contributed by atoms with Crippen LogP contribution >= 0.6 is 11.3 Å². The van der Waals surface area contributed by atoms with E-state index in [-0.39, 0.29) is 18.2 Å². The van der Waals surface area contributed by atoms with Gasteiger partial charge in [-0.25, -0.2) is 9.78 Å². The molecule has 2 unspecified atom stereocenters. The molecule has 24 heavy (non-hydrogen) atoms. The first-order valence-electron chi connectivity index (χ1n) is 8.50. The van der Waals surface area contributed by atoms with Crippen LogP contribution < -0.4 is 5.32 Å². The molecule has 2 heterocycles. The molecule has 6 heteroatoms. The molecular weight excluding hydrogens is 322 g/mol. The van der Waals surface area contributed by atoms with Crippen LogP contribution in [0.3, 0.4) is 0 Å². The molecule has 4 rings (SSSR count).